The first-order valence-corrected chi connectivity index (χ1v) is 13.1. The monoisotopic (exact) mass is 637 g/mol. The van der Waals surface area contributed by atoms with Gasteiger partial charge in [-0.25, -0.2) is 9.36 Å². The molecule has 0 unspecified atom stereocenters. The summed E-state index contributed by atoms with van der Waals surface area (Å²) in [5.41, 5.74) is -1.42. The SMILES string of the molecule is CN(C(=O)c1cc(-c2cnn(-c3c(C(F)(F)F)c(OS(=O)(=O)C(F)(F)C(F)(F)Cl)nn3C)c2)ccc1Cl)C1CC1. The van der Waals surface area contributed by atoms with E-state index in [1.165, 1.54) is 23.1 Å². The van der Waals surface area contributed by atoms with Gasteiger partial charge < -0.3 is 9.08 Å². The van der Waals surface area contributed by atoms with Gasteiger partial charge in [0.05, 0.1) is 16.8 Å². The third-order valence-electron chi connectivity index (χ3n) is 5.85. The number of alkyl halides is 8. The van der Waals surface area contributed by atoms with Gasteiger partial charge in [0.2, 0.25) is 0 Å². The van der Waals surface area contributed by atoms with E-state index in [-0.39, 0.29) is 28.1 Å². The summed E-state index contributed by atoms with van der Waals surface area (Å²) < 4.78 is 124. The van der Waals surface area contributed by atoms with Crippen LogP contribution in [0, 0.1) is 0 Å². The highest BCUT2D eigenvalue weighted by atomic mass is 35.5. The molecule has 3 aromatic rings. The first-order valence-electron chi connectivity index (χ1n) is 10.9. The molecular weight excluding hydrogens is 622 g/mol. The number of aryl methyl sites for hydroxylation is 1. The van der Waals surface area contributed by atoms with Gasteiger partial charge in [0, 0.05) is 31.9 Å². The molecule has 218 valence electrons. The molecule has 2 heterocycles. The van der Waals surface area contributed by atoms with Crippen LogP contribution in [0.2, 0.25) is 5.02 Å². The van der Waals surface area contributed by atoms with Crippen LogP contribution in [0.3, 0.4) is 0 Å². The van der Waals surface area contributed by atoms with Crippen LogP contribution in [-0.2, 0) is 23.3 Å². The predicted octanol–water partition coefficient (Wildman–Crippen LogP) is 5.31. The van der Waals surface area contributed by atoms with Crippen molar-refractivity contribution < 1.29 is 48.1 Å². The van der Waals surface area contributed by atoms with Crippen LogP contribution in [0.4, 0.5) is 30.7 Å². The molecule has 0 N–H and O–H groups in total. The molecule has 40 heavy (non-hydrogen) atoms. The Hall–Kier alpha value is -3.05. The predicted molar refractivity (Wildman–Crippen MR) is 126 cm³/mol. The molecular formula is C21H16Cl2F7N5O4S. The highest BCUT2D eigenvalue weighted by Gasteiger charge is 2.67. The van der Waals surface area contributed by atoms with Gasteiger partial charge in [-0.3, -0.25) is 4.79 Å². The minimum Gasteiger partial charge on any atom is -0.355 e. The molecule has 0 aliphatic heterocycles. The van der Waals surface area contributed by atoms with Crippen molar-refractivity contribution in [3.8, 4) is 22.8 Å². The van der Waals surface area contributed by atoms with E-state index in [2.05, 4.69) is 26.0 Å². The Kier molecular flexibility index (Phi) is 7.33. The van der Waals surface area contributed by atoms with Crippen LogP contribution < -0.4 is 4.18 Å². The van der Waals surface area contributed by atoms with E-state index in [9.17, 15) is 43.9 Å². The third-order valence-corrected chi connectivity index (χ3v) is 7.79. The van der Waals surface area contributed by atoms with Crippen LogP contribution in [0.15, 0.2) is 30.6 Å². The topological polar surface area (TPSA) is 99.3 Å². The zero-order valence-electron chi connectivity index (χ0n) is 20.1. The van der Waals surface area contributed by atoms with Crippen molar-refractivity contribution in [1.82, 2.24) is 24.5 Å². The van der Waals surface area contributed by atoms with Gasteiger partial charge >= 0.3 is 26.9 Å². The number of nitrogens with zero attached hydrogens (tertiary/aromatic N) is 5. The average molecular weight is 638 g/mol. The average Bonchev–Trinajstić information content (AvgIpc) is 3.47. The zero-order valence-corrected chi connectivity index (χ0v) is 22.4. The van der Waals surface area contributed by atoms with E-state index in [4.69, 9.17) is 11.6 Å². The number of rotatable bonds is 8. The Balaban J connectivity index is 1.75. The Morgan fingerprint density at radius 3 is 2.30 bits per heavy atom. The molecule has 0 bridgehead atoms. The van der Waals surface area contributed by atoms with Crippen LogP contribution in [0.5, 0.6) is 5.88 Å². The van der Waals surface area contributed by atoms with Crippen molar-refractivity contribution in [3.63, 3.8) is 0 Å². The Morgan fingerprint density at radius 2 is 1.75 bits per heavy atom. The molecule has 1 saturated carbocycles. The lowest BCUT2D eigenvalue weighted by atomic mass is 10.1. The summed E-state index contributed by atoms with van der Waals surface area (Å²) in [4.78, 5) is 14.3. The molecule has 0 radical (unpaired) electrons. The summed E-state index contributed by atoms with van der Waals surface area (Å²) in [6.07, 6.45) is -1.70. The molecule has 1 fully saturated rings. The van der Waals surface area contributed by atoms with E-state index in [1.54, 1.807) is 7.05 Å². The van der Waals surface area contributed by atoms with Gasteiger partial charge in [-0.2, -0.15) is 44.2 Å². The van der Waals surface area contributed by atoms with Crippen LogP contribution in [0.1, 0.15) is 28.8 Å². The smallest absolute Gasteiger partial charge is 0.355 e. The fourth-order valence-corrected chi connectivity index (χ4v) is 4.83. The number of amides is 1. The molecule has 0 saturated heterocycles. The van der Waals surface area contributed by atoms with Crippen molar-refractivity contribution in [1.29, 1.82) is 0 Å². The maximum Gasteiger partial charge on any atom is 0.458 e. The molecule has 1 aliphatic rings. The number of hydrogen-bond donors (Lipinski definition) is 0. The summed E-state index contributed by atoms with van der Waals surface area (Å²) in [6.45, 7) is 0. The zero-order chi connectivity index (χ0) is 30.0. The van der Waals surface area contributed by atoms with E-state index >= 15 is 0 Å². The van der Waals surface area contributed by atoms with Gasteiger partial charge in [-0.15, -0.1) is 5.10 Å². The summed E-state index contributed by atoms with van der Waals surface area (Å²) >= 11 is 10.3. The van der Waals surface area contributed by atoms with Crippen molar-refractivity contribution in [3.05, 3.63) is 46.7 Å². The number of benzene rings is 1. The minimum absolute atomic E-state index is 0.0662. The molecule has 19 heteroatoms. The van der Waals surface area contributed by atoms with Gasteiger partial charge in [-0.05, 0) is 42.1 Å². The number of aromatic nitrogens is 4. The lowest BCUT2D eigenvalue weighted by Gasteiger charge is -2.20. The Morgan fingerprint density at radius 1 is 1.12 bits per heavy atom. The second-order valence-electron chi connectivity index (χ2n) is 8.69. The second-order valence-corrected chi connectivity index (χ2v) is 11.2. The van der Waals surface area contributed by atoms with E-state index in [1.807, 2.05) is 0 Å². The van der Waals surface area contributed by atoms with E-state index in [0.29, 0.717) is 14.9 Å². The van der Waals surface area contributed by atoms with Crippen molar-refractivity contribution >= 4 is 39.2 Å². The maximum atomic E-state index is 14.0. The standard InChI is InChI=1S/C21H16Cl2F7N5O4S/c1-33(12-4-5-12)18(36)13-7-10(3-6-14(13)22)11-8-31-35(9-11)17-15(19(24,25)26)16(32-34(17)2)39-40(37,38)21(29,30)20(23,27)28/h3,6-9,12H,4-5H2,1-2H3. The van der Waals surface area contributed by atoms with Crippen LogP contribution >= 0.6 is 23.2 Å². The number of carbonyl (C=O) groups is 1. The van der Waals surface area contributed by atoms with Gasteiger partial charge in [0.1, 0.15) is 0 Å². The first-order chi connectivity index (χ1) is 18.3. The van der Waals surface area contributed by atoms with Gasteiger partial charge in [-0.1, -0.05) is 17.7 Å². The number of hydrogen-bond acceptors (Lipinski definition) is 6. The molecule has 2 aromatic heterocycles. The van der Waals surface area contributed by atoms with Crippen molar-refractivity contribution in [2.45, 2.75) is 35.7 Å². The number of halogens is 9. The lowest BCUT2D eigenvalue weighted by molar-refractivity contribution is -0.138. The summed E-state index contributed by atoms with van der Waals surface area (Å²) in [5.74, 6) is -3.36. The van der Waals surface area contributed by atoms with Gasteiger partial charge in [0.15, 0.2) is 11.4 Å². The molecule has 1 aliphatic carbocycles. The molecule has 1 amide bonds. The summed E-state index contributed by atoms with van der Waals surface area (Å²) in [5, 5.41) is -4.75. The molecule has 4 rings (SSSR count). The highest BCUT2D eigenvalue weighted by molar-refractivity contribution is 7.88. The second kappa shape index (κ2) is 9.80. The van der Waals surface area contributed by atoms with Crippen LogP contribution in [-0.4, -0.2) is 62.5 Å². The van der Waals surface area contributed by atoms with E-state index < -0.39 is 44.2 Å². The maximum absolute atomic E-state index is 14.0. The third kappa shape index (κ3) is 5.33. The Bertz CT molecular complexity index is 1580. The fraction of sp³-hybridized carbons (Fsp3) is 0.381. The largest absolute Gasteiger partial charge is 0.458 e. The molecule has 1 aromatic carbocycles. The highest BCUT2D eigenvalue weighted by Crippen LogP contribution is 2.45. The first kappa shape index (κ1) is 29.9. The van der Waals surface area contributed by atoms with Crippen molar-refractivity contribution in [2.75, 3.05) is 7.05 Å². The minimum atomic E-state index is -6.77. The fourth-order valence-electron chi connectivity index (χ4n) is 3.63. The summed E-state index contributed by atoms with van der Waals surface area (Å²) in [6, 6.07) is 4.32. The quantitative estimate of drug-likeness (QED) is 0.189. The lowest BCUT2D eigenvalue weighted by Crippen LogP contribution is -2.45. The normalized spacial score (nSPS) is 14.9. The molecule has 0 spiro atoms. The number of carbonyl (C=O) groups excluding carboxylic acids is 1. The van der Waals surface area contributed by atoms with Gasteiger partial charge in [0.25, 0.3) is 11.8 Å². The van der Waals surface area contributed by atoms with Crippen LogP contribution in [0.25, 0.3) is 16.9 Å². The molecule has 0 atom stereocenters. The van der Waals surface area contributed by atoms with E-state index in [0.717, 1.165) is 32.3 Å². The van der Waals surface area contributed by atoms with Crippen molar-refractivity contribution in [2.24, 2.45) is 7.05 Å². The summed E-state index contributed by atoms with van der Waals surface area (Å²) in [7, 11) is -4.30. The Labute approximate surface area is 231 Å². The molecule has 9 nitrogen and oxygen atoms in total.